The second kappa shape index (κ2) is 10.3. The lowest BCUT2D eigenvalue weighted by Crippen LogP contribution is -2.35. The van der Waals surface area contributed by atoms with Gasteiger partial charge in [-0.1, -0.05) is 24.6 Å². The van der Waals surface area contributed by atoms with Crippen molar-refractivity contribution in [1.82, 2.24) is 4.31 Å². The van der Waals surface area contributed by atoms with Crippen LogP contribution in [0.2, 0.25) is 0 Å². The molecule has 1 fully saturated rings. The second-order valence-electron chi connectivity index (χ2n) is 7.29. The van der Waals surface area contributed by atoms with E-state index in [-0.39, 0.29) is 16.1 Å². The van der Waals surface area contributed by atoms with Crippen LogP contribution in [0.3, 0.4) is 0 Å². The van der Waals surface area contributed by atoms with Crippen LogP contribution in [0.5, 0.6) is 5.75 Å². The molecule has 0 aliphatic carbocycles. The molecule has 0 radical (unpaired) electrons. The molecule has 2 aromatic carbocycles. The van der Waals surface area contributed by atoms with Crippen LogP contribution >= 0.6 is 11.8 Å². The number of methoxy groups -OCH3 is 1. The molecule has 1 aliphatic heterocycles. The molecule has 1 amide bonds. The molecule has 1 heterocycles. The van der Waals surface area contributed by atoms with Crippen molar-refractivity contribution in [1.29, 1.82) is 0 Å². The van der Waals surface area contributed by atoms with E-state index < -0.39 is 10.0 Å². The first-order chi connectivity index (χ1) is 14.4. The van der Waals surface area contributed by atoms with E-state index in [0.29, 0.717) is 24.5 Å². The summed E-state index contributed by atoms with van der Waals surface area (Å²) in [4.78, 5) is 12.8. The summed E-state index contributed by atoms with van der Waals surface area (Å²) in [5, 5.41) is 2.56. The second-order valence-corrected chi connectivity index (χ2v) is 10.6. The van der Waals surface area contributed by atoms with Crippen LogP contribution in [-0.4, -0.2) is 44.1 Å². The maximum Gasteiger partial charge on any atom is 0.243 e. The Labute approximate surface area is 183 Å². The van der Waals surface area contributed by atoms with E-state index in [4.69, 9.17) is 4.74 Å². The van der Waals surface area contributed by atoms with Crippen molar-refractivity contribution < 1.29 is 17.9 Å². The first-order valence-electron chi connectivity index (χ1n) is 10.1. The number of hydrogen-bond donors (Lipinski definition) is 1. The number of rotatable bonds is 8. The molecule has 1 N–H and O–H groups in total. The van der Waals surface area contributed by atoms with Crippen LogP contribution < -0.4 is 10.1 Å². The SMILES string of the molecule is COc1cccc(CSC(C)C(=O)Nc2cccc(S(=O)(=O)N3CCCCC3)c2)c1. The molecule has 30 heavy (non-hydrogen) atoms. The fourth-order valence-corrected chi connectivity index (χ4v) is 5.69. The van der Waals surface area contributed by atoms with Crippen LogP contribution in [0.1, 0.15) is 31.7 Å². The highest BCUT2D eigenvalue weighted by molar-refractivity contribution is 7.99. The smallest absolute Gasteiger partial charge is 0.243 e. The Morgan fingerprint density at radius 1 is 1.13 bits per heavy atom. The van der Waals surface area contributed by atoms with E-state index in [1.54, 1.807) is 31.4 Å². The summed E-state index contributed by atoms with van der Waals surface area (Å²) in [5.74, 6) is 1.31. The summed E-state index contributed by atoms with van der Waals surface area (Å²) < 4.78 is 32.5. The minimum Gasteiger partial charge on any atom is -0.497 e. The number of ether oxygens (including phenoxy) is 1. The van der Waals surface area contributed by atoms with Crippen LogP contribution in [0, 0.1) is 0 Å². The first kappa shape index (κ1) is 22.7. The van der Waals surface area contributed by atoms with Crippen molar-refractivity contribution in [3.63, 3.8) is 0 Å². The van der Waals surface area contributed by atoms with Crippen molar-refractivity contribution in [2.24, 2.45) is 0 Å². The van der Waals surface area contributed by atoms with Crippen molar-refractivity contribution >= 4 is 33.4 Å². The summed E-state index contributed by atoms with van der Waals surface area (Å²) in [6.07, 6.45) is 2.84. The average Bonchev–Trinajstić information content (AvgIpc) is 2.78. The number of nitrogens with one attached hydrogen (secondary N) is 1. The van der Waals surface area contributed by atoms with Gasteiger partial charge in [-0.15, -0.1) is 11.8 Å². The molecule has 6 nitrogen and oxygen atoms in total. The summed E-state index contributed by atoms with van der Waals surface area (Å²) >= 11 is 1.51. The Kier molecular flexibility index (Phi) is 7.80. The molecule has 0 saturated carbocycles. The van der Waals surface area contributed by atoms with Crippen LogP contribution in [-0.2, 0) is 20.6 Å². The molecule has 2 aromatic rings. The zero-order chi connectivity index (χ0) is 21.6. The lowest BCUT2D eigenvalue weighted by molar-refractivity contribution is -0.115. The van der Waals surface area contributed by atoms with Gasteiger partial charge in [0.25, 0.3) is 0 Å². The highest BCUT2D eigenvalue weighted by atomic mass is 32.2. The zero-order valence-electron chi connectivity index (χ0n) is 17.3. The molecule has 1 aliphatic rings. The molecular formula is C22H28N2O4S2. The monoisotopic (exact) mass is 448 g/mol. The fraction of sp³-hybridized carbons (Fsp3) is 0.409. The summed E-state index contributed by atoms with van der Waals surface area (Å²) in [6, 6.07) is 14.3. The van der Waals surface area contributed by atoms with Crippen LogP contribution in [0.25, 0.3) is 0 Å². The third-order valence-electron chi connectivity index (χ3n) is 5.06. The van der Waals surface area contributed by atoms with Gasteiger partial charge in [0.05, 0.1) is 17.3 Å². The zero-order valence-corrected chi connectivity index (χ0v) is 19.0. The van der Waals surface area contributed by atoms with Crippen molar-refractivity contribution in [3.05, 3.63) is 54.1 Å². The van der Waals surface area contributed by atoms with Gasteiger partial charge in [0.1, 0.15) is 5.75 Å². The van der Waals surface area contributed by atoms with E-state index in [1.807, 2.05) is 31.2 Å². The fourth-order valence-electron chi connectivity index (χ4n) is 3.29. The predicted octanol–water partition coefficient (Wildman–Crippen LogP) is 4.13. The molecule has 162 valence electrons. The standard InChI is InChI=1S/C22H28N2O4S2/c1-17(29-16-18-8-6-10-20(14-18)28-2)22(25)23-19-9-7-11-21(15-19)30(26,27)24-12-4-3-5-13-24/h6-11,14-15,17H,3-5,12-13,16H2,1-2H3,(H,23,25). The van der Waals surface area contributed by atoms with E-state index in [2.05, 4.69) is 5.32 Å². The molecule has 0 bridgehead atoms. The van der Waals surface area contributed by atoms with Crippen LogP contribution in [0.15, 0.2) is 53.4 Å². The lowest BCUT2D eigenvalue weighted by Gasteiger charge is -2.26. The maximum absolute atomic E-state index is 12.9. The number of nitrogens with zero attached hydrogens (tertiary/aromatic N) is 1. The Balaban J connectivity index is 1.61. The van der Waals surface area contributed by atoms with Gasteiger partial charge in [0, 0.05) is 24.5 Å². The van der Waals surface area contributed by atoms with Gasteiger partial charge in [-0.05, 0) is 55.7 Å². The third-order valence-corrected chi connectivity index (χ3v) is 8.17. The van der Waals surface area contributed by atoms with Crippen LogP contribution in [0.4, 0.5) is 5.69 Å². The largest absolute Gasteiger partial charge is 0.497 e. The Hall–Kier alpha value is -2.03. The number of amides is 1. The topological polar surface area (TPSA) is 75.7 Å². The van der Waals surface area contributed by atoms with E-state index >= 15 is 0 Å². The number of carbonyl (C=O) groups excluding carboxylic acids is 1. The Bertz CT molecular complexity index is 973. The molecule has 1 unspecified atom stereocenters. The highest BCUT2D eigenvalue weighted by Crippen LogP contribution is 2.25. The maximum atomic E-state index is 12.9. The van der Waals surface area contributed by atoms with Gasteiger partial charge in [0.2, 0.25) is 15.9 Å². The molecular weight excluding hydrogens is 420 g/mol. The number of thioether (sulfide) groups is 1. The van der Waals surface area contributed by atoms with E-state index in [9.17, 15) is 13.2 Å². The molecule has 1 atom stereocenters. The number of anilines is 1. The molecule has 8 heteroatoms. The minimum absolute atomic E-state index is 0.157. The normalized spacial score (nSPS) is 16.1. The number of benzene rings is 2. The number of hydrogen-bond acceptors (Lipinski definition) is 5. The quantitative estimate of drug-likeness (QED) is 0.657. The average molecular weight is 449 g/mol. The predicted molar refractivity (Wildman–Crippen MR) is 121 cm³/mol. The lowest BCUT2D eigenvalue weighted by atomic mass is 10.2. The number of carbonyl (C=O) groups is 1. The van der Waals surface area contributed by atoms with Gasteiger partial charge in [-0.2, -0.15) is 4.31 Å². The van der Waals surface area contributed by atoms with Gasteiger partial charge >= 0.3 is 0 Å². The van der Waals surface area contributed by atoms with Crippen molar-refractivity contribution in [2.75, 3.05) is 25.5 Å². The summed E-state index contributed by atoms with van der Waals surface area (Å²) in [5.41, 5.74) is 1.57. The van der Waals surface area contributed by atoms with Crippen molar-refractivity contribution in [2.45, 2.75) is 42.1 Å². The summed E-state index contributed by atoms with van der Waals surface area (Å²) in [7, 11) is -1.90. The van der Waals surface area contributed by atoms with Gasteiger partial charge in [-0.25, -0.2) is 8.42 Å². The van der Waals surface area contributed by atoms with Crippen molar-refractivity contribution in [3.8, 4) is 5.75 Å². The number of piperidine rings is 1. The third kappa shape index (κ3) is 5.77. The highest BCUT2D eigenvalue weighted by Gasteiger charge is 2.26. The molecule has 0 aromatic heterocycles. The Morgan fingerprint density at radius 2 is 1.87 bits per heavy atom. The van der Waals surface area contributed by atoms with E-state index in [0.717, 1.165) is 30.6 Å². The molecule has 3 rings (SSSR count). The minimum atomic E-state index is -3.53. The van der Waals surface area contributed by atoms with Gasteiger partial charge in [-0.3, -0.25) is 4.79 Å². The van der Waals surface area contributed by atoms with Gasteiger partial charge < -0.3 is 10.1 Å². The number of sulfonamides is 1. The van der Waals surface area contributed by atoms with Gasteiger partial charge in [0.15, 0.2) is 0 Å². The Morgan fingerprint density at radius 3 is 2.60 bits per heavy atom. The molecule has 0 spiro atoms. The molecule has 1 saturated heterocycles. The summed E-state index contributed by atoms with van der Waals surface area (Å²) in [6.45, 7) is 2.95. The first-order valence-corrected chi connectivity index (χ1v) is 12.5. The van der Waals surface area contributed by atoms with E-state index in [1.165, 1.54) is 16.1 Å².